The van der Waals surface area contributed by atoms with Crippen molar-refractivity contribution in [2.75, 3.05) is 19.8 Å². The van der Waals surface area contributed by atoms with Gasteiger partial charge in [-0.25, -0.2) is 14.4 Å². The Morgan fingerprint density at radius 3 is 2.37 bits per heavy atom. The summed E-state index contributed by atoms with van der Waals surface area (Å²) in [4.78, 5) is 76.5. The highest BCUT2D eigenvalue weighted by molar-refractivity contribution is 5.95. The molecule has 6 rings (SSSR count). The summed E-state index contributed by atoms with van der Waals surface area (Å²) < 4.78 is 35.1. The number of fused-ring (bicyclic) bond motifs is 1. The number of nitrogens with one attached hydrogen (secondary N) is 2. The summed E-state index contributed by atoms with van der Waals surface area (Å²) in [5, 5.41) is 15.2. The first kappa shape index (κ1) is 42.0. The molecule has 2 heterocycles. The Balaban J connectivity index is 1.07. The molecule has 0 radical (unpaired) electrons. The van der Waals surface area contributed by atoms with E-state index in [1.54, 1.807) is 65.0 Å². The molecule has 2 aliphatic heterocycles. The Morgan fingerprint density at radius 2 is 1.74 bits per heavy atom. The van der Waals surface area contributed by atoms with Crippen LogP contribution in [0.1, 0.15) is 102 Å². The lowest BCUT2D eigenvalue weighted by Gasteiger charge is -2.31. The van der Waals surface area contributed by atoms with Gasteiger partial charge in [-0.2, -0.15) is 0 Å². The van der Waals surface area contributed by atoms with Crippen LogP contribution in [0.4, 0.5) is 0 Å². The number of aliphatic hydroxyl groups excluding tert-OH is 1. The molecule has 5 aliphatic rings. The summed E-state index contributed by atoms with van der Waals surface area (Å²) in [7, 11) is 0. The van der Waals surface area contributed by atoms with Gasteiger partial charge in [0.05, 0.1) is 18.2 Å². The molecule has 5 atom stereocenters. The van der Waals surface area contributed by atoms with E-state index in [1.165, 1.54) is 12.2 Å². The first-order valence-corrected chi connectivity index (χ1v) is 19.8. The number of cyclic esters (lactones) is 1. The highest BCUT2D eigenvalue weighted by Gasteiger charge is 2.64. The van der Waals surface area contributed by atoms with E-state index in [4.69, 9.17) is 28.4 Å². The van der Waals surface area contributed by atoms with Crippen molar-refractivity contribution in [2.24, 2.45) is 17.3 Å². The van der Waals surface area contributed by atoms with E-state index in [0.29, 0.717) is 11.1 Å². The fraction of sp³-hybridized carbons (Fsp3) is 0.619. The SMILES string of the molecule is CC(C)(C)OC(=O)CC[C@@H](CO)NC(=O)CCNC(=O)C1=C[C@H]2OC(C3CC3)(C3CC3)O[C@H]2[C@H](OC(=O)c2cccc(C=CC(=O)O[C@H]3C(=O)OCC3(C)C)c2)C1. The van der Waals surface area contributed by atoms with E-state index in [2.05, 4.69) is 10.6 Å². The second-order valence-corrected chi connectivity index (χ2v) is 17.2. The lowest BCUT2D eigenvalue weighted by molar-refractivity contribution is -0.209. The fourth-order valence-electron chi connectivity index (χ4n) is 7.40. The summed E-state index contributed by atoms with van der Waals surface area (Å²) in [6.45, 7) is 8.58. The van der Waals surface area contributed by atoms with Crippen molar-refractivity contribution in [2.45, 2.75) is 128 Å². The zero-order valence-electron chi connectivity index (χ0n) is 33.2. The van der Waals surface area contributed by atoms with Crippen LogP contribution in [0.3, 0.4) is 0 Å². The van der Waals surface area contributed by atoms with E-state index in [0.717, 1.165) is 25.7 Å². The molecule has 310 valence electrons. The molecule has 2 saturated heterocycles. The lowest BCUT2D eigenvalue weighted by atomic mass is 9.90. The first-order chi connectivity index (χ1) is 27.0. The van der Waals surface area contributed by atoms with Crippen LogP contribution in [-0.4, -0.2) is 102 Å². The molecule has 0 bridgehead atoms. The number of benzene rings is 1. The molecule has 0 unspecified atom stereocenters. The minimum absolute atomic E-state index is 0.00737. The monoisotopic (exact) mass is 794 g/mol. The molecule has 2 amide bonds. The number of rotatable bonds is 16. The van der Waals surface area contributed by atoms with E-state index in [9.17, 15) is 33.9 Å². The van der Waals surface area contributed by atoms with Crippen LogP contribution in [0.25, 0.3) is 6.08 Å². The maximum absolute atomic E-state index is 13.7. The largest absolute Gasteiger partial charge is 0.462 e. The summed E-state index contributed by atoms with van der Waals surface area (Å²) in [6, 6.07) is 5.81. The normalized spacial score (nSPS) is 25.4. The number of hydrogen-bond acceptors (Lipinski definition) is 13. The van der Waals surface area contributed by atoms with Gasteiger partial charge >= 0.3 is 23.9 Å². The third-order valence-corrected chi connectivity index (χ3v) is 10.6. The molecule has 15 nitrogen and oxygen atoms in total. The van der Waals surface area contributed by atoms with Gasteiger partial charge in [0.1, 0.15) is 30.5 Å². The van der Waals surface area contributed by atoms with Gasteiger partial charge in [0, 0.05) is 54.7 Å². The zero-order chi connectivity index (χ0) is 41.1. The summed E-state index contributed by atoms with van der Waals surface area (Å²) in [5.41, 5.74) is -0.255. The predicted octanol–water partition coefficient (Wildman–Crippen LogP) is 3.46. The van der Waals surface area contributed by atoms with Crippen molar-refractivity contribution in [1.82, 2.24) is 10.6 Å². The number of esters is 4. The third kappa shape index (κ3) is 10.7. The number of hydrogen-bond donors (Lipinski definition) is 3. The van der Waals surface area contributed by atoms with Crippen LogP contribution in [0, 0.1) is 17.3 Å². The molecule has 57 heavy (non-hydrogen) atoms. The number of carbonyl (C=O) groups excluding carboxylic acids is 6. The minimum atomic E-state index is -1.02. The number of aliphatic hydroxyl groups is 1. The van der Waals surface area contributed by atoms with Crippen LogP contribution in [-0.2, 0) is 52.4 Å². The summed E-state index contributed by atoms with van der Waals surface area (Å²) in [6.07, 6.45) is 5.25. The summed E-state index contributed by atoms with van der Waals surface area (Å²) >= 11 is 0. The topological polar surface area (TPSA) is 202 Å². The van der Waals surface area contributed by atoms with Crippen molar-refractivity contribution in [3.05, 3.63) is 53.1 Å². The highest BCUT2D eigenvalue weighted by atomic mass is 16.8. The smallest absolute Gasteiger partial charge is 0.348 e. The van der Waals surface area contributed by atoms with Gasteiger partial charge in [0.25, 0.3) is 0 Å². The van der Waals surface area contributed by atoms with Crippen molar-refractivity contribution in [1.29, 1.82) is 0 Å². The van der Waals surface area contributed by atoms with E-state index in [-0.39, 0.29) is 62.8 Å². The van der Waals surface area contributed by atoms with E-state index in [1.807, 2.05) is 0 Å². The molecule has 2 saturated carbocycles. The Kier molecular flexibility index (Phi) is 12.6. The zero-order valence-corrected chi connectivity index (χ0v) is 33.2. The summed E-state index contributed by atoms with van der Waals surface area (Å²) in [5.74, 6) is -3.62. The number of amides is 2. The Bertz CT molecular complexity index is 1770. The van der Waals surface area contributed by atoms with Crippen LogP contribution in [0.2, 0.25) is 0 Å². The number of ether oxygens (including phenoxy) is 6. The third-order valence-electron chi connectivity index (χ3n) is 10.6. The minimum Gasteiger partial charge on any atom is -0.462 e. The first-order valence-electron chi connectivity index (χ1n) is 19.8. The van der Waals surface area contributed by atoms with Crippen molar-refractivity contribution < 1.29 is 62.3 Å². The van der Waals surface area contributed by atoms with E-state index >= 15 is 0 Å². The van der Waals surface area contributed by atoms with Gasteiger partial charge in [0.2, 0.25) is 17.9 Å². The maximum atomic E-state index is 13.7. The van der Waals surface area contributed by atoms with Gasteiger partial charge in [-0.1, -0.05) is 26.0 Å². The molecule has 4 fully saturated rings. The lowest BCUT2D eigenvalue weighted by Crippen LogP contribution is -2.44. The van der Waals surface area contributed by atoms with Crippen LogP contribution < -0.4 is 10.6 Å². The van der Waals surface area contributed by atoms with Gasteiger partial charge in [-0.05, 0) is 82.7 Å². The second kappa shape index (κ2) is 17.1. The van der Waals surface area contributed by atoms with Crippen molar-refractivity contribution in [3.8, 4) is 0 Å². The number of carbonyl (C=O) groups is 6. The average molecular weight is 795 g/mol. The molecule has 1 aromatic carbocycles. The molecule has 3 aliphatic carbocycles. The van der Waals surface area contributed by atoms with Gasteiger partial charge in [-0.15, -0.1) is 0 Å². The van der Waals surface area contributed by atoms with Gasteiger partial charge in [0.15, 0.2) is 5.79 Å². The van der Waals surface area contributed by atoms with Crippen LogP contribution in [0.15, 0.2) is 42.0 Å². The average Bonchev–Trinajstić information content (AvgIpc) is 4.10. The molecule has 15 heteroatoms. The molecule has 0 aromatic heterocycles. The van der Waals surface area contributed by atoms with E-state index < -0.39 is 83.0 Å². The molecule has 3 N–H and O–H groups in total. The standard InChI is InChI=1S/C42H54N2O13/c1-40(2,3)56-34(48)16-14-29(22-45)44-32(46)17-18-43-37(49)26-20-30(35-31(21-26)55-42(57-35,27-10-11-27)28-12-13-28)53-38(50)25-8-6-7-24(19-25)9-15-33(47)54-36-39(51)52-23-41(36,4)5/h6-9,15,19,21,27-31,35-36,45H,10-14,16-18,20,22-23H2,1-5H3,(H,43,49)(H,44,46)/t29-,30+,31+,35-,36-/m0/s1. The molecule has 1 aromatic rings. The highest BCUT2D eigenvalue weighted by Crippen LogP contribution is 2.59. The van der Waals surface area contributed by atoms with Gasteiger partial charge in [-0.3, -0.25) is 14.4 Å². The quantitative estimate of drug-likeness (QED) is 0.125. The maximum Gasteiger partial charge on any atom is 0.348 e. The molecular weight excluding hydrogens is 740 g/mol. The molecular formula is C42H54N2O13. The fourth-order valence-corrected chi connectivity index (χ4v) is 7.40. The Morgan fingerprint density at radius 1 is 1.02 bits per heavy atom. The van der Waals surface area contributed by atoms with Gasteiger partial charge < -0.3 is 44.2 Å². The Hall–Kier alpha value is -4.60. The van der Waals surface area contributed by atoms with Crippen LogP contribution in [0.5, 0.6) is 0 Å². The second-order valence-electron chi connectivity index (χ2n) is 17.2. The van der Waals surface area contributed by atoms with Crippen molar-refractivity contribution in [3.63, 3.8) is 0 Å². The van der Waals surface area contributed by atoms with Crippen molar-refractivity contribution >= 4 is 41.8 Å². The Labute approximate surface area is 332 Å². The molecule has 0 spiro atoms. The van der Waals surface area contributed by atoms with Crippen LogP contribution >= 0.6 is 0 Å². The predicted molar refractivity (Wildman–Crippen MR) is 202 cm³/mol.